The van der Waals surface area contributed by atoms with E-state index in [0.717, 1.165) is 18.4 Å². The molecule has 1 aliphatic heterocycles. The minimum absolute atomic E-state index is 0.0748. The van der Waals surface area contributed by atoms with Gasteiger partial charge in [-0.15, -0.1) is 0 Å². The van der Waals surface area contributed by atoms with Crippen LogP contribution in [-0.4, -0.2) is 50.8 Å². The fourth-order valence-electron chi connectivity index (χ4n) is 3.08. The Morgan fingerprint density at radius 3 is 2.86 bits per heavy atom. The third-order valence-corrected chi connectivity index (χ3v) is 4.28. The Morgan fingerprint density at radius 1 is 1.38 bits per heavy atom. The first kappa shape index (κ1) is 14.2. The maximum atomic E-state index is 12.6. The Morgan fingerprint density at radius 2 is 2.14 bits per heavy atom. The molecular weight excluding hydrogens is 268 g/mol. The van der Waals surface area contributed by atoms with Crippen LogP contribution in [0.25, 0.3) is 11.0 Å². The van der Waals surface area contributed by atoms with E-state index in [1.54, 1.807) is 24.7 Å². The summed E-state index contributed by atoms with van der Waals surface area (Å²) in [4.78, 5) is 23.2. The van der Waals surface area contributed by atoms with E-state index < -0.39 is 6.10 Å². The number of hydrogen-bond donors (Lipinski definition) is 1. The molecular formula is C15H20N4O2. The lowest BCUT2D eigenvalue weighted by Crippen LogP contribution is -2.42. The van der Waals surface area contributed by atoms with Crippen molar-refractivity contribution in [1.29, 1.82) is 0 Å². The second-order valence-electron chi connectivity index (χ2n) is 5.88. The summed E-state index contributed by atoms with van der Waals surface area (Å²) in [6.45, 7) is 3.28. The van der Waals surface area contributed by atoms with Crippen LogP contribution in [0.5, 0.6) is 0 Å². The van der Waals surface area contributed by atoms with Crippen LogP contribution in [-0.2, 0) is 7.05 Å². The smallest absolute Gasteiger partial charge is 0.255 e. The molecule has 21 heavy (non-hydrogen) atoms. The van der Waals surface area contributed by atoms with E-state index in [0.29, 0.717) is 23.6 Å². The van der Waals surface area contributed by atoms with Gasteiger partial charge >= 0.3 is 0 Å². The van der Waals surface area contributed by atoms with Crippen molar-refractivity contribution in [3.63, 3.8) is 0 Å². The van der Waals surface area contributed by atoms with Crippen LogP contribution in [0.4, 0.5) is 0 Å². The zero-order valence-corrected chi connectivity index (χ0v) is 12.6. The Balaban J connectivity index is 2.13. The quantitative estimate of drug-likeness (QED) is 0.823. The first-order valence-electron chi connectivity index (χ1n) is 7.17. The molecule has 0 spiro atoms. The molecule has 1 fully saturated rings. The van der Waals surface area contributed by atoms with Gasteiger partial charge in [-0.1, -0.05) is 0 Å². The second-order valence-corrected chi connectivity index (χ2v) is 5.88. The molecule has 112 valence electrons. The molecule has 0 bridgehead atoms. The third kappa shape index (κ3) is 2.45. The number of likely N-dealkylation sites (tertiary alicyclic amines) is 1. The average molecular weight is 288 g/mol. The molecule has 3 heterocycles. The Hall–Kier alpha value is -1.79. The van der Waals surface area contributed by atoms with Crippen molar-refractivity contribution in [3.05, 3.63) is 34.0 Å². The van der Waals surface area contributed by atoms with Crippen LogP contribution in [0.2, 0.25) is 0 Å². The molecule has 0 aromatic carbocycles. The summed E-state index contributed by atoms with van der Waals surface area (Å²) >= 11 is 0. The first-order chi connectivity index (χ1) is 9.97. The SMILES string of the molecule is Cc1ncc2cc(C3CCN(C)CC3O)c(=O)n(C)c2n1. The zero-order chi connectivity index (χ0) is 15.1. The number of aromatic nitrogens is 3. The van der Waals surface area contributed by atoms with Crippen molar-refractivity contribution in [2.75, 3.05) is 20.1 Å². The first-order valence-corrected chi connectivity index (χ1v) is 7.17. The molecule has 0 radical (unpaired) electrons. The maximum Gasteiger partial charge on any atom is 0.255 e. The molecule has 0 aliphatic carbocycles. The van der Waals surface area contributed by atoms with Gasteiger partial charge in [0.05, 0.1) is 6.10 Å². The van der Waals surface area contributed by atoms with E-state index in [-0.39, 0.29) is 11.5 Å². The third-order valence-electron chi connectivity index (χ3n) is 4.28. The van der Waals surface area contributed by atoms with Crippen molar-refractivity contribution in [3.8, 4) is 0 Å². The molecule has 1 saturated heterocycles. The van der Waals surface area contributed by atoms with Crippen molar-refractivity contribution in [2.45, 2.75) is 25.4 Å². The van der Waals surface area contributed by atoms with Crippen molar-refractivity contribution in [2.24, 2.45) is 7.05 Å². The molecule has 2 unspecified atom stereocenters. The second kappa shape index (κ2) is 5.20. The fraction of sp³-hybridized carbons (Fsp3) is 0.533. The molecule has 3 rings (SSSR count). The van der Waals surface area contributed by atoms with Crippen molar-refractivity contribution >= 4 is 11.0 Å². The zero-order valence-electron chi connectivity index (χ0n) is 12.6. The number of β-amino-alcohol motifs (C(OH)–C–C–N with tert-alkyl or cyclic N) is 1. The molecule has 2 aromatic rings. The van der Waals surface area contributed by atoms with Gasteiger partial charge in [0.15, 0.2) is 0 Å². The van der Waals surface area contributed by atoms with Crippen molar-refractivity contribution in [1.82, 2.24) is 19.4 Å². The topological polar surface area (TPSA) is 71.2 Å². The Kier molecular flexibility index (Phi) is 3.51. The van der Waals surface area contributed by atoms with Crippen molar-refractivity contribution < 1.29 is 5.11 Å². The normalized spacial score (nSPS) is 23.6. The van der Waals surface area contributed by atoms with E-state index >= 15 is 0 Å². The predicted octanol–water partition coefficient (Wildman–Crippen LogP) is 0.417. The van der Waals surface area contributed by atoms with Gasteiger partial charge in [0, 0.05) is 36.7 Å². The molecule has 0 amide bonds. The molecule has 2 aromatic heterocycles. The van der Waals surface area contributed by atoms with Crippen LogP contribution in [0.1, 0.15) is 23.7 Å². The van der Waals surface area contributed by atoms with Gasteiger partial charge in [0.1, 0.15) is 11.5 Å². The molecule has 1 N–H and O–H groups in total. The molecule has 0 saturated carbocycles. The number of nitrogens with zero attached hydrogens (tertiary/aromatic N) is 4. The van der Waals surface area contributed by atoms with E-state index in [4.69, 9.17) is 0 Å². The van der Waals surface area contributed by atoms with Gasteiger partial charge < -0.3 is 10.0 Å². The number of rotatable bonds is 1. The number of aliphatic hydroxyl groups excluding tert-OH is 1. The van der Waals surface area contributed by atoms with Gasteiger partial charge in [-0.2, -0.15) is 0 Å². The fourth-order valence-corrected chi connectivity index (χ4v) is 3.08. The van der Waals surface area contributed by atoms with Gasteiger partial charge in [-0.3, -0.25) is 9.36 Å². The maximum absolute atomic E-state index is 12.6. The minimum Gasteiger partial charge on any atom is -0.391 e. The lowest BCUT2D eigenvalue weighted by Gasteiger charge is -2.33. The van der Waals surface area contributed by atoms with E-state index in [9.17, 15) is 9.90 Å². The van der Waals surface area contributed by atoms with Gasteiger partial charge in [0.25, 0.3) is 5.56 Å². The lowest BCUT2D eigenvalue weighted by molar-refractivity contribution is 0.0633. The number of fused-ring (bicyclic) bond motifs is 1. The van der Waals surface area contributed by atoms with Gasteiger partial charge in [-0.25, -0.2) is 9.97 Å². The van der Waals surface area contributed by atoms with Crippen LogP contribution in [0, 0.1) is 6.92 Å². The van der Waals surface area contributed by atoms with E-state index in [2.05, 4.69) is 14.9 Å². The summed E-state index contributed by atoms with van der Waals surface area (Å²) in [5.41, 5.74) is 1.23. The number of hydrogen-bond acceptors (Lipinski definition) is 5. The molecule has 2 atom stereocenters. The summed E-state index contributed by atoms with van der Waals surface area (Å²) in [5.74, 6) is 0.523. The molecule has 6 heteroatoms. The summed E-state index contributed by atoms with van der Waals surface area (Å²) in [6.07, 6.45) is 2.01. The Bertz CT molecular complexity index is 740. The molecule has 6 nitrogen and oxygen atoms in total. The van der Waals surface area contributed by atoms with E-state index in [1.807, 2.05) is 13.1 Å². The average Bonchev–Trinajstić information content (AvgIpc) is 2.44. The number of piperidine rings is 1. The van der Waals surface area contributed by atoms with Crippen LogP contribution < -0.4 is 5.56 Å². The number of aryl methyl sites for hydroxylation is 2. The lowest BCUT2D eigenvalue weighted by atomic mass is 9.87. The standard InChI is InChI=1S/C15H20N4O2/c1-9-16-7-10-6-12(15(21)19(3)14(10)17-9)11-4-5-18(2)8-13(11)20/h6-7,11,13,20H,4-5,8H2,1-3H3. The number of pyridine rings is 1. The van der Waals surface area contributed by atoms with Crippen LogP contribution >= 0.6 is 0 Å². The highest BCUT2D eigenvalue weighted by molar-refractivity contribution is 5.74. The highest BCUT2D eigenvalue weighted by Crippen LogP contribution is 2.27. The van der Waals surface area contributed by atoms with Crippen LogP contribution in [0.3, 0.4) is 0 Å². The number of likely N-dealkylation sites (N-methyl/N-ethyl adjacent to an activating group) is 1. The van der Waals surface area contributed by atoms with E-state index in [1.165, 1.54) is 0 Å². The largest absolute Gasteiger partial charge is 0.391 e. The molecule has 1 aliphatic rings. The monoisotopic (exact) mass is 288 g/mol. The summed E-state index contributed by atoms with van der Waals surface area (Å²) in [5, 5.41) is 11.1. The summed E-state index contributed by atoms with van der Waals surface area (Å²) < 4.78 is 1.56. The Labute approximate surface area is 123 Å². The highest BCUT2D eigenvalue weighted by atomic mass is 16.3. The van der Waals surface area contributed by atoms with Gasteiger partial charge in [-0.05, 0) is 33.0 Å². The number of aliphatic hydroxyl groups is 1. The highest BCUT2D eigenvalue weighted by Gasteiger charge is 2.29. The summed E-state index contributed by atoms with van der Waals surface area (Å²) in [7, 11) is 3.70. The summed E-state index contributed by atoms with van der Waals surface area (Å²) in [6, 6.07) is 1.84. The van der Waals surface area contributed by atoms with Gasteiger partial charge in [0.2, 0.25) is 0 Å². The predicted molar refractivity (Wildman–Crippen MR) is 80.4 cm³/mol. The minimum atomic E-state index is -0.514. The van der Waals surface area contributed by atoms with Crippen LogP contribution in [0.15, 0.2) is 17.1 Å².